The molecule has 0 N–H and O–H groups in total. The normalized spacial score (nSPS) is 10.8. The second-order valence-electron chi connectivity index (χ2n) is 3.12. The maximum atomic E-state index is 8.29. The van der Waals surface area contributed by atoms with Gasteiger partial charge in [0.05, 0.1) is 6.07 Å². The number of nitrogens with zero attached hydrogens (tertiary/aromatic N) is 1. The minimum atomic E-state index is 0.637. The fourth-order valence-electron chi connectivity index (χ4n) is 1.10. The van der Waals surface area contributed by atoms with E-state index in [1.807, 2.05) is 12.2 Å². The fourth-order valence-corrected chi connectivity index (χ4v) is 1.10. The lowest BCUT2D eigenvalue weighted by Gasteiger charge is -1.92. The van der Waals surface area contributed by atoms with Crippen molar-refractivity contribution in [1.29, 1.82) is 5.26 Å². The first-order valence-electron chi connectivity index (χ1n) is 5.21. The molecule has 76 valence electrons. The van der Waals surface area contributed by atoms with E-state index >= 15 is 0 Å². The van der Waals surface area contributed by atoms with Crippen molar-refractivity contribution >= 4 is 0 Å². The molecule has 0 saturated heterocycles. The van der Waals surface area contributed by atoms with E-state index in [0.717, 1.165) is 19.3 Å². The number of unbranched alkanes of at least 4 members (excludes halogenated alkanes) is 4. The van der Waals surface area contributed by atoms with Crippen molar-refractivity contribution in [2.45, 2.75) is 38.5 Å². The Kier molecular flexibility index (Phi) is 10.6. The van der Waals surface area contributed by atoms with Crippen LogP contribution in [0.25, 0.3) is 0 Å². The first-order chi connectivity index (χ1) is 6.91. The summed E-state index contributed by atoms with van der Waals surface area (Å²) >= 11 is 0. The van der Waals surface area contributed by atoms with Crippen molar-refractivity contribution in [2.24, 2.45) is 0 Å². The molecular formula is C13H19N. The largest absolute Gasteiger partial charge is 0.198 e. The van der Waals surface area contributed by atoms with E-state index in [9.17, 15) is 0 Å². The van der Waals surface area contributed by atoms with Gasteiger partial charge in [0.25, 0.3) is 0 Å². The maximum Gasteiger partial charge on any atom is 0.0624 e. The Morgan fingerprint density at radius 1 is 1.00 bits per heavy atom. The average Bonchev–Trinajstić information content (AvgIpc) is 2.21. The van der Waals surface area contributed by atoms with Crippen LogP contribution in [0.4, 0.5) is 0 Å². The summed E-state index contributed by atoms with van der Waals surface area (Å²) in [5.74, 6) is 0. The molecule has 0 bridgehead atoms. The molecule has 0 spiro atoms. The van der Waals surface area contributed by atoms with Crippen LogP contribution in [0.5, 0.6) is 0 Å². The van der Waals surface area contributed by atoms with Gasteiger partial charge in [-0.25, -0.2) is 0 Å². The van der Waals surface area contributed by atoms with E-state index in [2.05, 4.69) is 30.9 Å². The Bertz CT molecular complexity index is 218. The highest BCUT2D eigenvalue weighted by atomic mass is 14.2. The van der Waals surface area contributed by atoms with Gasteiger partial charge in [-0.05, 0) is 32.1 Å². The van der Waals surface area contributed by atoms with Gasteiger partial charge >= 0.3 is 0 Å². The van der Waals surface area contributed by atoms with Gasteiger partial charge in [-0.3, -0.25) is 0 Å². The van der Waals surface area contributed by atoms with Crippen LogP contribution >= 0.6 is 0 Å². The van der Waals surface area contributed by atoms with Crippen molar-refractivity contribution in [3.63, 3.8) is 0 Å². The summed E-state index contributed by atoms with van der Waals surface area (Å²) in [5.41, 5.74) is 0. The van der Waals surface area contributed by atoms with Crippen LogP contribution in [0, 0.1) is 11.3 Å². The maximum absolute atomic E-state index is 8.29. The zero-order chi connectivity index (χ0) is 10.5. The van der Waals surface area contributed by atoms with Gasteiger partial charge in [0.15, 0.2) is 0 Å². The molecule has 0 aliphatic rings. The van der Waals surface area contributed by atoms with Crippen LogP contribution in [0.15, 0.2) is 37.0 Å². The molecule has 0 atom stereocenters. The highest BCUT2D eigenvalue weighted by Gasteiger charge is 1.83. The SMILES string of the molecule is C=C/C=C/CCCC/C=C/CCC#N. The third kappa shape index (κ3) is 10.7. The second-order valence-corrected chi connectivity index (χ2v) is 3.12. The summed E-state index contributed by atoms with van der Waals surface area (Å²) < 4.78 is 0. The molecule has 1 heteroatoms. The third-order valence-corrected chi connectivity index (χ3v) is 1.85. The Morgan fingerprint density at radius 2 is 1.64 bits per heavy atom. The zero-order valence-corrected chi connectivity index (χ0v) is 8.78. The van der Waals surface area contributed by atoms with Crippen LogP contribution in [0.2, 0.25) is 0 Å². The molecule has 0 aromatic carbocycles. The van der Waals surface area contributed by atoms with Gasteiger partial charge in [0.2, 0.25) is 0 Å². The van der Waals surface area contributed by atoms with Gasteiger partial charge in [-0.2, -0.15) is 5.26 Å². The molecule has 0 aromatic rings. The third-order valence-electron chi connectivity index (χ3n) is 1.85. The number of hydrogen-bond donors (Lipinski definition) is 0. The lowest BCUT2D eigenvalue weighted by Crippen LogP contribution is -1.72. The molecule has 14 heavy (non-hydrogen) atoms. The average molecular weight is 189 g/mol. The van der Waals surface area contributed by atoms with Crippen molar-refractivity contribution in [2.75, 3.05) is 0 Å². The molecule has 0 aromatic heterocycles. The first-order valence-corrected chi connectivity index (χ1v) is 5.21. The summed E-state index contributed by atoms with van der Waals surface area (Å²) in [7, 11) is 0. The minimum absolute atomic E-state index is 0.637. The van der Waals surface area contributed by atoms with Gasteiger partial charge in [-0.1, -0.05) is 37.0 Å². The molecule has 1 nitrogen and oxygen atoms in total. The second kappa shape index (κ2) is 11.7. The molecule has 0 aliphatic heterocycles. The van der Waals surface area contributed by atoms with Gasteiger partial charge in [0, 0.05) is 6.42 Å². The molecule has 0 fully saturated rings. The highest BCUT2D eigenvalue weighted by Crippen LogP contribution is 2.02. The van der Waals surface area contributed by atoms with Crippen LogP contribution < -0.4 is 0 Å². The monoisotopic (exact) mass is 189 g/mol. The van der Waals surface area contributed by atoms with E-state index < -0.39 is 0 Å². The number of nitriles is 1. The summed E-state index contributed by atoms with van der Waals surface area (Å²) in [6, 6.07) is 2.12. The number of hydrogen-bond acceptors (Lipinski definition) is 1. The Balaban J connectivity index is 3.13. The van der Waals surface area contributed by atoms with Gasteiger partial charge in [-0.15, -0.1) is 0 Å². The zero-order valence-electron chi connectivity index (χ0n) is 8.78. The minimum Gasteiger partial charge on any atom is -0.198 e. The molecule has 0 heterocycles. The first kappa shape index (κ1) is 12.7. The van der Waals surface area contributed by atoms with E-state index in [1.165, 1.54) is 12.8 Å². The topological polar surface area (TPSA) is 23.8 Å². The lowest BCUT2D eigenvalue weighted by molar-refractivity contribution is 0.760. The summed E-state index contributed by atoms with van der Waals surface area (Å²) in [4.78, 5) is 0. The molecule has 0 amide bonds. The van der Waals surface area contributed by atoms with Crippen LogP contribution in [-0.2, 0) is 0 Å². The lowest BCUT2D eigenvalue weighted by atomic mass is 10.1. The fraction of sp³-hybridized carbons (Fsp3) is 0.462. The molecular weight excluding hydrogens is 170 g/mol. The molecule has 0 radical (unpaired) electrons. The molecule has 0 unspecified atom stereocenters. The van der Waals surface area contributed by atoms with Crippen LogP contribution in [-0.4, -0.2) is 0 Å². The van der Waals surface area contributed by atoms with E-state index in [1.54, 1.807) is 0 Å². The summed E-state index contributed by atoms with van der Waals surface area (Å²) in [6.45, 7) is 3.61. The van der Waals surface area contributed by atoms with Crippen molar-refractivity contribution in [3.8, 4) is 6.07 Å². The van der Waals surface area contributed by atoms with Crippen molar-refractivity contribution in [3.05, 3.63) is 37.0 Å². The van der Waals surface area contributed by atoms with Crippen LogP contribution in [0.3, 0.4) is 0 Å². The Morgan fingerprint density at radius 3 is 2.29 bits per heavy atom. The molecule has 0 aliphatic carbocycles. The molecule has 0 saturated carbocycles. The van der Waals surface area contributed by atoms with Crippen molar-refractivity contribution < 1.29 is 0 Å². The number of rotatable bonds is 8. The number of allylic oxidation sites excluding steroid dienone is 5. The molecule has 0 rings (SSSR count). The van der Waals surface area contributed by atoms with E-state index in [4.69, 9.17) is 5.26 Å². The Hall–Kier alpha value is -1.29. The van der Waals surface area contributed by atoms with Gasteiger partial charge in [0.1, 0.15) is 0 Å². The Labute approximate surface area is 87.4 Å². The predicted octanol–water partition coefficient (Wildman–Crippen LogP) is 4.15. The van der Waals surface area contributed by atoms with Crippen LogP contribution in [0.1, 0.15) is 38.5 Å². The summed E-state index contributed by atoms with van der Waals surface area (Å²) in [6.07, 6.45) is 16.5. The van der Waals surface area contributed by atoms with E-state index in [0.29, 0.717) is 6.42 Å². The quantitative estimate of drug-likeness (QED) is 0.319. The predicted molar refractivity (Wildman–Crippen MR) is 61.8 cm³/mol. The van der Waals surface area contributed by atoms with Gasteiger partial charge < -0.3 is 0 Å². The summed E-state index contributed by atoms with van der Waals surface area (Å²) in [5, 5.41) is 8.29. The smallest absolute Gasteiger partial charge is 0.0624 e. The van der Waals surface area contributed by atoms with E-state index in [-0.39, 0.29) is 0 Å². The van der Waals surface area contributed by atoms with Crippen molar-refractivity contribution in [1.82, 2.24) is 0 Å². The highest BCUT2D eigenvalue weighted by molar-refractivity contribution is 4.96. The standard InChI is InChI=1S/C13H19N/c1-2-3-4-5-6-7-8-9-10-11-12-13-14/h2-4,9-10H,1,5-8,11-12H2/b4-3+,10-9+.